The van der Waals surface area contributed by atoms with Crippen molar-refractivity contribution in [2.45, 2.75) is 38.1 Å². The molecule has 1 N–H and O–H groups in total. The van der Waals surface area contributed by atoms with Gasteiger partial charge in [-0.3, -0.25) is 0 Å². The maximum Gasteiger partial charge on any atom is 0.0591 e. The van der Waals surface area contributed by atoms with Crippen LogP contribution < -0.4 is 5.32 Å². The first-order valence-electron chi connectivity index (χ1n) is 7.29. The summed E-state index contributed by atoms with van der Waals surface area (Å²) in [6.45, 7) is 3.74. The summed E-state index contributed by atoms with van der Waals surface area (Å²) in [6.07, 6.45) is 5.51. The number of hydrogen-bond acceptors (Lipinski definition) is 2. The first kappa shape index (κ1) is 12.2. The van der Waals surface area contributed by atoms with E-state index in [-0.39, 0.29) is 0 Å². The van der Waals surface area contributed by atoms with Gasteiger partial charge < -0.3 is 10.1 Å². The van der Waals surface area contributed by atoms with Gasteiger partial charge >= 0.3 is 0 Å². The van der Waals surface area contributed by atoms with Gasteiger partial charge in [0.1, 0.15) is 0 Å². The van der Waals surface area contributed by atoms with Gasteiger partial charge in [0, 0.05) is 19.7 Å². The quantitative estimate of drug-likeness (QED) is 0.711. The van der Waals surface area contributed by atoms with E-state index in [1.807, 2.05) is 0 Å². The molecule has 2 heteroatoms. The summed E-state index contributed by atoms with van der Waals surface area (Å²) in [5.41, 5.74) is 2.93. The first-order valence-corrected chi connectivity index (χ1v) is 7.29. The average Bonchev–Trinajstić information content (AvgIpc) is 3.28. The van der Waals surface area contributed by atoms with Crippen molar-refractivity contribution in [3.8, 4) is 0 Å². The molecule has 3 rings (SSSR count). The Labute approximate surface area is 110 Å². The zero-order chi connectivity index (χ0) is 12.2. The van der Waals surface area contributed by atoms with Gasteiger partial charge in [-0.1, -0.05) is 24.3 Å². The highest BCUT2D eigenvalue weighted by Gasteiger charge is 2.23. The normalized spacial score (nSPS) is 19.1. The van der Waals surface area contributed by atoms with Crippen LogP contribution in [0.1, 0.15) is 42.7 Å². The minimum atomic E-state index is 0.846. The lowest BCUT2D eigenvalue weighted by Crippen LogP contribution is -2.19. The Morgan fingerprint density at radius 1 is 1.17 bits per heavy atom. The second kappa shape index (κ2) is 5.85. The van der Waals surface area contributed by atoms with Crippen molar-refractivity contribution in [3.05, 3.63) is 35.4 Å². The van der Waals surface area contributed by atoms with Crippen LogP contribution in [0.3, 0.4) is 0 Å². The van der Waals surface area contributed by atoms with Crippen LogP contribution in [0.15, 0.2) is 24.3 Å². The molecule has 0 aromatic heterocycles. The predicted molar refractivity (Wildman–Crippen MR) is 73.7 cm³/mol. The van der Waals surface area contributed by atoms with Crippen molar-refractivity contribution in [1.29, 1.82) is 0 Å². The SMILES string of the molecule is c1cc(CNCCOCC2CC2)cc(C2CC2)c1. The summed E-state index contributed by atoms with van der Waals surface area (Å²) in [7, 11) is 0. The zero-order valence-electron chi connectivity index (χ0n) is 11.0. The molecule has 0 spiro atoms. The molecule has 0 amide bonds. The summed E-state index contributed by atoms with van der Waals surface area (Å²) in [4.78, 5) is 0. The Kier molecular flexibility index (Phi) is 3.96. The molecular formula is C16H23NO. The van der Waals surface area contributed by atoms with Crippen LogP contribution in [-0.4, -0.2) is 19.8 Å². The minimum absolute atomic E-state index is 0.846. The van der Waals surface area contributed by atoms with Crippen molar-refractivity contribution in [2.75, 3.05) is 19.8 Å². The summed E-state index contributed by atoms with van der Waals surface area (Å²) in [5, 5.41) is 3.46. The molecule has 0 aliphatic heterocycles. The van der Waals surface area contributed by atoms with Gasteiger partial charge in [0.05, 0.1) is 6.61 Å². The van der Waals surface area contributed by atoms with Gasteiger partial charge in [-0.05, 0) is 48.6 Å². The molecule has 0 bridgehead atoms. The summed E-state index contributed by atoms with van der Waals surface area (Å²) >= 11 is 0. The van der Waals surface area contributed by atoms with Crippen molar-refractivity contribution in [3.63, 3.8) is 0 Å². The number of benzene rings is 1. The van der Waals surface area contributed by atoms with E-state index in [2.05, 4.69) is 29.6 Å². The first-order chi connectivity index (χ1) is 8.92. The van der Waals surface area contributed by atoms with Crippen molar-refractivity contribution >= 4 is 0 Å². The van der Waals surface area contributed by atoms with E-state index in [9.17, 15) is 0 Å². The highest BCUT2D eigenvalue weighted by Crippen LogP contribution is 2.40. The fourth-order valence-electron chi connectivity index (χ4n) is 2.29. The van der Waals surface area contributed by atoms with Crippen molar-refractivity contribution in [1.82, 2.24) is 5.32 Å². The number of rotatable bonds is 8. The standard InChI is InChI=1S/C16H23NO/c1-2-14(10-16(3-1)15-6-7-15)11-17-8-9-18-12-13-4-5-13/h1-3,10,13,15,17H,4-9,11-12H2. The Bertz CT molecular complexity index is 382. The highest BCUT2D eigenvalue weighted by molar-refractivity contribution is 5.29. The van der Waals surface area contributed by atoms with Gasteiger partial charge in [-0.15, -0.1) is 0 Å². The molecule has 1 aromatic carbocycles. The molecule has 2 saturated carbocycles. The van der Waals surface area contributed by atoms with Crippen LogP contribution in [-0.2, 0) is 11.3 Å². The van der Waals surface area contributed by atoms with Crippen molar-refractivity contribution in [2.24, 2.45) is 5.92 Å². The van der Waals surface area contributed by atoms with E-state index in [0.717, 1.165) is 38.1 Å². The summed E-state index contributed by atoms with van der Waals surface area (Å²) < 4.78 is 5.60. The highest BCUT2D eigenvalue weighted by atomic mass is 16.5. The molecule has 0 saturated heterocycles. The maximum atomic E-state index is 5.60. The lowest BCUT2D eigenvalue weighted by atomic mass is 10.1. The second-order valence-corrected chi connectivity index (χ2v) is 5.71. The van der Waals surface area contributed by atoms with Gasteiger partial charge in [-0.25, -0.2) is 0 Å². The Hall–Kier alpha value is -0.860. The largest absolute Gasteiger partial charge is 0.380 e. The van der Waals surface area contributed by atoms with Crippen LogP contribution in [0.25, 0.3) is 0 Å². The van der Waals surface area contributed by atoms with Crippen LogP contribution in [0.4, 0.5) is 0 Å². The van der Waals surface area contributed by atoms with E-state index < -0.39 is 0 Å². The number of ether oxygens (including phenoxy) is 1. The summed E-state index contributed by atoms with van der Waals surface area (Å²) in [5.74, 6) is 1.73. The molecule has 0 heterocycles. The van der Waals surface area contributed by atoms with Crippen LogP contribution in [0.5, 0.6) is 0 Å². The zero-order valence-corrected chi connectivity index (χ0v) is 11.0. The number of hydrogen-bond donors (Lipinski definition) is 1. The third-order valence-electron chi connectivity index (χ3n) is 3.80. The van der Waals surface area contributed by atoms with E-state index >= 15 is 0 Å². The monoisotopic (exact) mass is 245 g/mol. The molecule has 2 fully saturated rings. The molecule has 0 radical (unpaired) electrons. The molecule has 2 aliphatic rings. The molecular weight excluding hydrogens is 222 g/mol. The lowest BCUT2D eigenvalue weighted by Gasteiger charge is -2.07. The molecule has 1 aromatic rings. The summed E-state index contributed by atoms with van der Waals surface area (Å²) in [6, 6.07) is 9.02. The predicted octanol–water partition coefficient (Wildman–Crippen LogP) is 3.08. The minimum Gasteiger partial charge on any atom is -0.380 e. The Balaban J connectivity index is 1.32. The van der Waals surface area contributed by atoms with Gasteiger partial charge in [0.25, 0.3) is 0 Å². The Morgan fingerprint density at radius 3 is 2.83 bits per heavy atom. The van der Waals surface area contributed by atoms with Gasteiger partial charge in [0.15, 0.2) is 0 Å². The smallest absolute Gasteiger partial charge is 0.0591 e. The van der Waals surface area contributed by atoms with Crippen LogP contribution >= 0.6 is 0 Å². The Morgan fingerprint density at radius 2 is 2.06 bits per heavy atom. The van der Waals surface area contributed by atoms with Crippen molar-refractivity contribution < 1.29 is 4.74 Å². The second-order valence-electron chi connectivity index (χ2n) is 5.71. The average molecular weight is 245 g/mol. The molecule has 18 heavy (non-hydrogen) atoms. The van der Waals surface area contributed by atoms with E-state index in [1.165, 1.54) is 36.8 Å². The molecule has 0 unspecified atom stereocenters. The van der Waals surface area contributed by atoms with Gasteiger partial charge in [-0.2, -0.15) is 0 Å². The van der Waals surface area contributed by atoms with Gasteiger partial charge in [0.2, 0.25) is 0 Å². The molecule has 0 atom stereocenters. The lowest BCUT2D eigenvalue weighted by molar-refractivity contribution is 0.126. The maximum absolute atomic E-state index is 5.60. The van der Waals surface area contributed by atoms with E-state index in [4.69, 9.17) is 4.74 Å². The van der Waals surface area contributed by atoms with Crippen LogP contribution in [0, 0.1) is 5.92 Å². The van der Waals surface area contributed by atoms with E-state index in [0.29, 0.717) is 0 Å². The molecule has 98 valence electrons. The number of nitrogens with one attached hydrogen (secondary N) is 1. The fraction of sp³-hybridized carbons (Fsp3) is 0.625. The fourth-order valence-corrected chi connectivity index (χ4v) is 2.29. The molecule has 2 nitrogen and oxygen atoms in total. The topological polar surface area (TPSA) is 21.3 Å². The third kappa shape index (κ3) is 3.82. The molecule has 2 aliphatic carbocycles. The third-order valence-corrected chi connectivity index (χ3v) is 3.80. The van der Waals surface area contributed by atoms with Crippen LogP contribution in [0.2, 0.25) is 0 Å². The van der Waals surface area contributed by atoms with E-state index in [1.54, 1.807) is 0 Å².